The Morgan fingerprint density at radius 1 is 1.25 bits per heavy atom. The van der Waals surface area contributed by atoms with E-state index in [9.17, 15) is 4.79 Å². The highest BCUT2D eigenvalue weighted by molar-refractivity contribution is 5.89. The van der Waals surface area contributed by atoms with Gasteiger partial charge in [0, 0.05) is 17.7 Å². The first-order chi connectivity index (χ1) is 9.61. The molecule has 0 atom stereocenters. The van der Waals surface area contributed by atoms with Crippen molar-refractivity contribution in [3.05, 3.63) is 46.3 Å². The molecule has 0 spiro atoms. The molecule has 0 bridgehead atoms. The predicted octanol–water partition coefficient (Wildman–Crippen LogP) is 2.00. The minimum atomic E-state index is -0.340. The number of rotatable bonds is 2. The van der Waals surface area contributed by atoms with Crippen molar-refractivity contribution in [2.24, 2.45) is 0 Å². The summed E-state index contributed by atoms with van der Waals surface area (Å²) in [6, 6.07) is 3.59. The molecular weight excluding hydrogens is 258 g/mol. The van der Waals surface area contributed by atoms with E-state index in [1.54, 1.807) is 31.1 Å². The molecule has 0 N–H and O–H groups in total. The van der Waals surface area contributed by atoms with Gasteiger partial charge in [-0.25, -0.2) is 14.5 Å². The Bertz CT molecular complexity index is 835. The van der Waals surface area contributed by atoms with E-state index in [2.05, 4.69) is 10.1 Å². The Kier molecular flexibility index (Phi) is 2.78. The van der Waals surface area contributed by atoms with E-state index < -0.39 is 0 Å². The third-order valence-corrected chi connectivity index (χ3v) is 3.40. The van der Waals surface area contributed by atoms with E-state index in [1.165, 1.54) is 6.33 Å². The third kappa shape index (κ3) is 1.77. The molecule has 3 rings (SSSR count). The molecule has 0 unspecified atom stereocenters. The average molecular weight is 271 g/mol. The van der Waals surface area contributed by atoms with E-state index in [0.717, 1.165) is 16.6 Å². The van der Waals surface area contributed by atoms with Gasteiger partial charge in [-0.2, -0.15) is 5.10 Å². The van der Waals surface area contributed by atoms with Gasteiger partial charge in [-0.05, 0) is 19.4 Å². The lowest BCUT2D eigenvalue weighted by Crippen LogP contribution is -2.07. The lowest BCUT2D eigenvalue weighted by atomic mass is 10.1. The minimum Gasteiger partial charge on any atom is -0.496 e. The van der Waals surface area contributed by atoms with Crippen LogP contribution in [0.5, 0.6) is 5.75 Å². The van der Waals surface area contributed by atoms with Crippen LogP contribution < -0.4 is 10.4 Å². The van der Waals surface area contributed by atoms with Crippen LogP contribution in [0.2, 0.25) is 0 Å². The minimum absolute atomic E-state index is 0.340. The lowest BCUT2D eigenvalue weighted by molar-refractivity contribution is 0.418. The highest BCUT2D eigenvalue weighted by atomic mass is 16.5. The number of hydrogen-bond donors (Lipinski definition) is 0. The fraction of sp³-hybridized carbons (Fsp3) is 0.214. The second-order valence-corrected chi connectivity index (χ2v) is 4.50. The van der Waals surface area contributed by atoms with Gasteiger partial charge in [0.25, 0.3) is 0 Å². The maximum Gasteiger partial charge on any atom is 0.339 e. The molecule has 0 saturated carbocycles. The number of methoxy groups -OCH3 is 1. The van der Waals surface area contributed by atoms with Gasteiger partial charge in [0.05, 0.1) is 18.2 Å². The summed E-state index contributed by atoms with van der Waals surface area (Å²) < 4.78 is 12.4. The first-order valence-electron chi connectivity index (χ1n) is 6.09. The van der Waals surface area contributed by atoms with Gasteiger partial charge in [-0.1, -0.05) is 0 Å². The van der Waals surface area contributed by atoms with Gasteiger partial charge < -0.3 is 9.15 Å². The van der Waals surface area contributed by atoms with Gasteiger partial charge in [0.15, 0.2) is 0 Å². The van der Waals surface area contributed by atoms with Crippen molar-refractivity contribution in [2.45, 2.75) is 13.8 Å². The first-order valence-corrected chi connectivity index (χ1v) is 6.09. The Labute approximate surface area is 114 Å². The predicted molar refractivity (Wildman–Crippen MR) is 73.4 cm³/mol. The zero-order valence-corrected chi connectivity index (χ0v) is 11.4. The maximum absolute atomic E-state index is 11.8. The van der Waals surface area contributed by atoms with E-state index in [1.807, 2.05) is 13.0 Å². The summed E-state index contributed by atoms with van der Waals surface area (Å²) in [6.45, 7) is 3.62. The topological polar surface area (TPSA) is 70.2 Å². The lowest BCUT2D eigenvalue weighted by Gasteiger charge is -2.11. The quantitative estimate of drug-likeness (QED) is 0.667. The number of benzene rings is 1. The molecule has 0 saturated heterocycles. The number of hydrogen-bond acceptors (Lipinski definition) is 5. The number of aromatic nitrogens is 3. The molecule has 102 valence electrons. The molecule has 20 heavy (non-hydrogen) atoms. The third-order valence-electron chi connectivity index (χ3n) is 3.40. The van der Waals surface area contributed by atoms with Crippen LogP contribution in [0.25, 0.3) is 16.7 Å². The van der Waals surface area contributed by atoms with Crippen LogP contribution in [0, 0.1) is 13.8 Å². The molecule has 0 aliphatic carbocycles. The van der Waals surface area contributed by atoms with E-state index in [-0.39, 0.29) is 5.63 Å². The highest BCUT2D eigenvalue weighted by Crippen LogP contribution is 2.31. The van der Waals surface area contributed by atoms with Crippen LogP contribution in [-0.4, -0.2) is 21.9 Å². The monoisotopic (exact) mass is 271 g/mol. The summed E-state index contributed by atoms with van der Waals surface area (Å²) in [5, 5.41) is 4.86. The summed E-state index contributed by atoms with van der Waals surface area (Å²) in [7, 11) is 1.58. The molecule has 6 nitrogen and oxygen atoms in total. The summed E-state index contributed by atoms with van der Waals surface area (Å²) in [6.07, 6.45) is 3.01. The van der Waals surface area contributed by atoms with Crippen LogP contribution in [0.4, 0.5) is 0 Å². The normalized spacial score (nSPS) is 10.9. The molecule has 0 radical (unpaired) electrons. The number of ether oxygens (including phenoxy) is 1. The van der Waals surface area contributed by atoms with Gasteiger partial charge >= 0.3 is 5.63 Å². The molecule has 0 amide bonds. The van der Waals surface area contributed by atoms with Gasteiger partial charge in [0.1, 0.15) is 24.0 Å². The Hall–Kier alpha value is -2.63. The summed E-state index contributed by atoms with van der Waals surface area (Å²) in [5.41, 5.74) is 2.30. The zero-order chi connectivity index (χ0) is 14.3. The van der Waals surface area contributed by atoms with Gasteiger partial charge in [-0.3, -0.25) is 0 Å². The Morgan fingerprint density at radius 3 is 2.70 bits per heavy atom. The fourth-order valence-corrected chi connectivity index (χ4v) is 2.18. The molecular formula is C14H13N3O3. The average Bonchev–Trinajstić information content (AvgIpc) is 2.97. The van der Waals surface area contributed by atoms with Gasteiger partial charge in [-0.15, -0.1) is 0 Å². The highest BCUT2D eigenvalue weighted by Gasteiger charge is 2.14. The number of fused-ring (bicyclic) bond motifs is 1. The number of nitrogens with zero attached hydrogens (tertiary/aromatic N) is 3. The second-order valence-electron chi connectivity index (χ2n) is 4.50. The smallest absolute Gasteiger partial charge is 0.339 e. The first kappa shape index (κ1) is 12.4. The standard InChI is InChI=1S/C14H13N3O3/c1-8-9(2)14(18)20-12-5-10(17-7-15-6-16-17)4-11(19-3)13(8)12/h4-7H,1-3H3. The maximum atomic E-state index is 11.8. The van der Waals surface area contributed by atoms with Crippen molar-refractivity contribution < 1.29 is 9.15 Å². The summed E-state index contributed by atoms with van der Waals surface area (Å²) in [4.78, 5) is 15.7. The van der Waals surface area contributed by atoms with Crippen molar-refractivity contribution in [2.75, 3.05) is 7.11 Å². The SMILES string of the molecule is COc1cc(-n2cncn2)cc2oc(=O)c(C)c(C)c12. The van der Waals surface area contributed by atoms with E-state index in [4.69, 9.17) is 9.15 Å². The molecule has 0 fully saturated rings. The van der Waals surface area contributed by atoms with Crippen LogP contribution >= 0.6 is 0 Å². The van der Waals surface area contributed by atoms with Crippen LogP contribution in [0.15, 0.2) is 34.0 Å². The van der Waals surface area contributed by atoms with Gasteiger partial charge in [0.2, 0.25) is 0 Å². The largest absolute Gasteiger partial charge is 0.496 e. The number of aryl methyl sites for hydroxylation is 1. The molecule has 3 aromatic rings. The zero-order valence-electron chi connectivity index (χ0n) is 11.4. The molecule has 0 aliphatic heterocycles. The van der Waals surface area contributed by atoms with Crippen LogP contribution in [-0.2, 0) is 0 Å². The van der Waals surface area contributed by atoms with Crippen molar-refractivity contribution in [1.82, 2.24) is 14.8 Å². The summed E-state index contributed by atoms with van der Waals surface area (Å²) in [5.74, 6) is 0.636. The van der Waals surface area contributed by atoms with Crippen molar-refractivity contribution in [3.63, 3.8) is 0 Å². The van der Waals surface area contributed by atoms with Crippen molar-refractivity contribution in [3.8, 4) is 11.4 Å². The molecule has 1 aromatic carbocycles. The van der Waals surface area contributed by atoms with Crippen molar-refractivity contribution in [1.29, 1.82) is 0 Å². The second kappa shape index (κ2) is 4.48. The molecule has 0 aliphatic rings. The summed E-state index contributed by atoms with van der Waals surface area (Å²) >= 11 is 0. The molecule has 6 heteroatoms. The Balaban J connectivity index is 2.40. The van der Waals surface area contributed by atoms with E-state index >= 15 is 0 Å². The fourth-order valence-electron chi connectivity index (χ4n) is 2.18. The van der Waals surface area contributed by atoms with Crippen molar-refractivity contribution >= 4 is 11.0 Å². The Morgan fingerprint density at radius 2 is 2.05 bits per heavy atom. The molecule has 2 heterocycles. The molecule has 2 aromatic heterocycles. The van der Waals surface area contributed by atoms with E-state index in [0.29, 0.717) is 16.9 Å². The van der Waals surface area contributed by atoms with Crippen LogP contribution in [0.3, 0.4) is 0 Å². The van der Waals surface area contributed by atoms with Crippen LogP contribution in [0.1, 0.15) is 11.1 Å².